The first-order chi connectivity index (χ1) is 10.1. The molecule has 0 spiro atoms. The molecular weight excluding hydrogens is 328 g/mol. The fraction of sp³-hybridized carbons (Fsp3) is 0.294. The zero-order chi connectivity index (χ0) is 15.4. The third-order valence-electron chi connectivity index (χ3n) is 3.71. The molecule has 0 aliphatic heterocycles. The number of hydrogen-bond donors (Lipinski definition) is 1. The highest BCUT2D eigenvalue weighted by Gasteiger charge is 2.11. The van der Waals surface area contributed by atoms with Gasteiger partial charge >= 0.3 is 0 Å². The first-order valence-corrected chi connectivity index (χ1v) is 7.70. The molecule has 0 aliphatic carbocycles. The SMILES string of the molecule is CNC(C)c1ccc(N(C)c2cccc(OC)c2)c(Br)c1. The second-order valence-corrected chi connectivity index (χ2v) is 5.84. The van der Waals surface area contributed by atoms with E-state index >= 15 is 0 Å². The molecule has 0 radical (unpaired) electrons. The van der Waals surface area contributed by atoms with E-state index in [1.165, 1.54) is 5.56 Å². The highest BCUT2D eigenvalue weighted by molar-refractivity contribution is 9.10. The van der Waals surface area contributed by atoms with Crippen LogP contribution in [-0.2, 0) is 0 Å². The summed E-state index contributed by atoms with van der Waals surface area (Å²) in [4.78, 5) is 2.14. The van der Waals surface area contributed by atoms with E-state index in [1.807, 2.05) is 25.2 Å². The Kier molecular flexibility index (Phi) is 5.26. The number of benzene rings is 2. The van der Waals surface area contributed by atoms with Crippen LogP contribution in [0.5, 0.6) is 5.75 Å². The molecular formula is C17H21BrN2O. The summed E-state index contributed by atoms with van der Waals surface area (Å²) in [7, 11) is 5.70. The van der Waals surface area contributed by atoms with Gasteiger partial charge in [0.15, 0.2) is 0 Å². The number of halogens is 1. The van der Waals surface area contributed by atoms with E-state index in [4.69, 9.17) is 4.74 Å². The van der Waals surface area contributed by atoms with Crippen LogP contribution in [0.25, 0.3) is 0 Å². The summed E-state index contributed by atoms with van der Waals surface area (Å²) in [5.41, 5.74) is 3.46. The summed E-state index contributed by atoms with van der Waals surface area (Å²) >= 11 is 3.68. The normalized spacial score (nSPS) is 12.0. The highest BCUT2D eigenvalue weighted by atomic mass is 79.9. The number of ether oxygens (including phenoxy) is 1. The van der Waals surface area contributed by atoms with Gasteiger partial charge in [-0.05, 0) is 59.7 Å². The Labute approximate surface area is 135 Å². The smallest absolute Gasteiger partial charge is 0.120 e. The zero-order valence-electron chi connectivity index (χ0n) is 12.9. The van der Waals surface area contributed by atoms with Gasteiger partial charge in [0.25, 0.3) is 0 Å². The van der Waals surface area contributed by atoms with Crippen molar-refractivity contribution in [3.8, 4) is 5.75 Å². The van der Waals surface area contributed by atoms with Gasteiger partial charge in [0, 0.05) is 29.3 Å². The van der Waals surface area contributed by atoms with Crippen molar-refractivity contribution in [3.05, 3.63) is 52.5 Å². The Morgan fingerprint density at radius 2 is 1.95 bits per heavy atom. The molecule has 1 N–H and O–H groups in total. The first-order valence-electron chi connectivity index (χ1n) is 6.91. The average molecular weight is 349 g/mol. The van der Waals surface area contributed by atoms with Gasteiger partial charge in [-0.3, -0.25) is 0 Å². The van der Waals surface area contributed by atoms with Crippen molar-refractivity contribution in [2.24, 2.45) is 0 Å². The summed E-state index contributed by atoms with van der Waals surface area (Å²) in [6.07, 6.45) is 0. The van der Waals surface area contributed by atoms with Crippen molar-refractivity contribution >= 4 is 27.3 Å². The van der Waals surface area contributed by atoms with Gasteiger partial charge in [-0.1, -0.05) is 12.1 Å². The Balaban J connectivity index is 2.32. The second-order valence-electron chi connectivity index (χ2n) is 4.98. The summed E-state index contributed by atoms with van der Waals surface area (Å²) in [6, 6.07) is 14.8. The van der Waals surface area contributed by atoms with E-state index in [0.29, 0.717) is 6.04 Å². The van der Waals surface area contributed by atoms with Crippen LogP contribution < -0.4 is 15.0 Å². The molecule has 0 saturated heterocycles. The van der Waals surface area contributed by atoms with Gasteiger partial charge in [0.1, 0.15) is 5.75 Å². The van der Waals surface area contributed by atoms with E-state index < -0.39 is 0 Å². The quantitative estimate of drug-likeness (QED) is 0.860. The molecule has 2 aromatic carbocycles. The lowest BCUT2D eigenvalue weighted by Gasteiger charge is -2.22. The molecule has 3 nitrogen and oxygen atoms in total. The summed E-state index contributed by atoms with van der Waals surface area (Å²) in [6.45, 7) is 2.15. The molecule has 21 heavy (non-hydrogen) atoms. The van der Waals surface area contributed by atoms with Crippen molar-refractivity contribution in [2.45, 2.75) is 13.0 Å². The van der Waals surface area contributed by atoms with Crippen molar-refractivity contribution in [1.29, 1.82) is 0 Å². The van der Waals surface area contributed by atoms with Crippen molar-refractivity contribution in [2.75, 3.05) is 26.1 Å². The molecule has 0 aliphatic rings. The molecule has 2 aromatic rings. The van der Waals surface area contributed by atoms with E-state index in [1.54, 1.807) is 7.11 Å². The minimum absolute atomic E-state index is 0.331. The molecule has 1 atom stereocenters. The number of anilines is 2. The van der Waals surface area contributed by atoms with Gasteiger partial charge in [-0.2, -0.15) is 0 Å². The van der Waals surface area contributed by atoms with Crippen LogP contribution >= 0.6 is 15.9 Å². The predicted molar refractivity (Wildman–Crippen MR) is 92.7 cm³/mol. The Bertz CT molecular complexity index is 615. The van der Waals surface area contributed by atoms with Crippen molar-refractivity contribution in [1.82, 2.24) is 5.32 Å². The fourth-order valence-electron chi connectivity index (χ4n) is 2.19. The summed E-state index contributed by atoms with van der Waals surface area (Å²) in [5.74, 6) is 0.857. The topological polar surface area (TPSA) is 24.5 Å². The predicted octanol–water partition coefficient (Wildman–Crippen LogP) is 4.51. The number of hydrogen-bond acceptors (Lipinski definition) is 3. The molecule has 0 amide bonds. The van der Waals surface area contributed by atoms with Crippen molar-refractivity contribution < 1.29 is 4.74 Å². The standard InChI is InChI=1S/C17H21BrN2O/c1-12(19-2)13-8-9-17(16(18)10-13)20(3)14-6-5-7-15(11-14)21-4/h5-12,19H,1-4H3. The lowest BCUT2D eigenvalue weighted by atomic mass is 10.1. The molecule has 0 saturated carbocycles. The number of methoxy groups -OCH3 is 1. The van der Waals surface area contributed by atoms with Gasteiger partial charge < -0.3 is 15.0 Å². The fourth-order valence-corrected chi connectivity index (χ4v) is 2.85. The van der Waals surface area contributed by atoms with E-state index in [9.17, 15) is 0 Å². The van der Waals surface area contributed by atoms with Gasteiger partial charge in [0.05, 0.1) is 12.8 Å². The largest absolute Gasteiger partial charge is 0.497 e. The second kappa shape index (κ2) is 6.96. The summed E-state index contributed by atoms with van der Waals surface area (Å²) < 4.78 is 6.37. The van der Waals surface area contributed by atoms with Crippen molar-refractivity contribution in [3.63, 3.8) is 0 Å². The van der Waals surface area contributed by atoms with Gasteiger partial charge in [-0.15, -0.1) is 0 Å². The minimum atomic E-state index is 0.331. The van der Waals surface area contributed by atoms with E-state index in [-0.39, 0.29) is 0 Å². The molecule has 2 rings (SSSR count). The molecule has 0 aromatic heterocycles. The van der Waals surface area contributed by atoms with Crippen LogP contribution in [0.1, 0.15) is 18.5 Å². The summed E-state index contributed by atoms with van der Waals surface area (Å²) in [5, 5.41) is 3.25. The number of nitrogens with zero attached hydrogens (tertiary/aromatic N) is 1. The molecule has 112 valence electrons. The Hall–Kier alpha value is -1.52. The van der Waals surface area contributed by atoms with E-state index in [2.05, 4.69) is 64.4 Å². The van der Waals surface area contributed by atoms with Gasteiger partial charge in [0.2, 0.25) is 0 Å². The zero-order valence-corrected chi connectivity index (χ0v) is 14.4. The highest BCUT2D eigenvalue weighted by Crippen LogP contribution is 2.34. The lowest BCUT2D eigenvalue weighted by Crippen LogP contribution is -2.14. The monoisotopic (exact) mass is 348 g/mol. The van der Waals surface area contributed by atoms with Crippen LogP contribution in [0, 0.1) is 0 Å². The van der Waals surface area contributed by atoms with Crippen LogP contribution in [-0.4, -0.2) is 21.2 Å². The van der Waals surface area contributed by atoms with Crippen LogP contribution in [0.4, 0.5) is 11.4 Å². The Morgan fingerprint density at radius 3 is 2.57 bits per heavy atom. The first kappa shape index (κ1) is 15.9. The third-order valence-corrected chi connectivity index (χ3v) is 4.34. The molecule has 0 bridgehead atoms. The maximum absolute atomic E-state index is 5.29. The molecule has 0 heterocycles. The number of rotatable bonds is 5. The van der Waals surface area contributed by atoms with Crippen LogP contribution in [0.2, 0.25) is 0 Å². The molecule has 0 fully saturated rings. The maximum atomic E-state index is 5.29. The van der Waals surface area contributed by atoms with Crippen LogP contribution in [0.3, 0.4) is 0 Å². The van der Waals surface area contributed by atoms with Gasteiger partial charge in [-0.25, -0.2) is 0 Å². The van der Waals surface area contributed by atoms with E-state index in [0.717, 1.165) is 21.6 Å². The average Bonchev–Trinajstić information content (AvgIpc) is 2.53. The van der Waals surface area contributed by atoms with Crippen LogP contribution in [0.15, 0.2) is 46.9 Å². The minimum Gasteiger partial charge on any atom is -0.497 e. The maximum Gasteiger partial charge on any atom is 0.120 e. The number of nitrogens with one attached hydrogen (secondary N) is 1. The third kappa shape index (κ3) is 3.57. The lowest BCUT2D eigenvalue weighted by molar-refractivity contribution is 0.415. The molecule has 1 unspecified atom stereocenters. The Morgan fingerprint density at radius 1 is 1.19 bits per heavy atom. The molecule has 4 heteroatoms.